The molecule has 1 aromatic carbocycles. The van der Waals surface area contributed by atoms with Crippen LogP contribution in [0.2, 0.25) is 5.02 Å². The van der Waals surface area contributed by atoms with Gasteiger partial charge in [0.25, 0.3) is 0 Å². The number of carbonyl (C=O) groups excluding carboxylic acids is 2. The van der Waals surface area contributed by atoms with E-state index in [0.717, 1.165) is 18.6 Å². The van der Waals surface area contributed by atoms with Crippen LogP contribution in [-0.2, 0) is 14.3 Å². The molecule has 0 bridgehead atoms. The van der Waals surface area contributed by atoms with Crippen LogP contribution in [0.1, 0.15) is 25.7 Å². The quantitative estimate of drug-likeness (QED) is 0.274. The molecule has 1 saturated heterocycles. The maximum absolute atomic E-state index is 11.3. The highest BCUT2D eigenvalue weighted by atomic mass is 35.5. The molecule has 0 spiro atoms. The molecule has 1 aliphatic heterocycles. The number of rotatable bonds is 7. The molecule has 1 fully saturated rings. The van der Waals surface area contributed by atoms with Gasteiger partial charge in [-0.2, -0.15) is 0 Å². The number of ether oxygens (including phenoxy) is 2. The summed E-state index contributed by atoms with van der Waals surface area (Å²) in [6, 6.07) is 7.13. The highest BCUT2D eigenvalue weighted by Gasteiger charge is 2.31. The Morgan fingerprint density at radius 2 is 1.91 bits per heavy atom. The number of allylic oxidation sites excluding steroid dienone is 1. The summed E-state index contributed by atoms with van der Waals surface area (Å²) in [5, 5.41) is 10.4. The molecule has 0 unspecified atom stereocenters. The number of cyclic esters (lactones) is 1. The Morgan fingerprint density at radius 3 is 2.55 bits per heavy atom. The number of unbranched alkanes of at least 4 members (excludes halogenated alkanes) is 2. The first-order valence-corrected chi connectivity index (χ1v) is 7.46. The van der Waals surface area contributed by atoms with Crippen molar-refractivity contribution in [3.8, 4) is 5.75 Å². The lowest BCUT2D eigenvalue weighted by atomic mass is 10.1. The number of Topliss-reactive ketones (excluding diaryl/α,β-unsaturated/α-hetero) is 1. The third kappa shape index (κ3) is 4.49. The predicted molar refractivity (Wildman–Crippen MR) is 81.0 cm³/mol. The van der Waals surface area contributed by atoms with Crippen LogP contribution in [0.15, 0.2) is 35.6 Å². The van der Waals surface area contributed by atoms with E-state index in [9.17, 15) is 14.7 Å². The summed E-state index contributed by atoms with van der Waals surface area (Å²) < 4.78 is 10.1. The second-order valence-electron chi connectivity index (χ2n) is 4.93. The summed E-state index contributed by atoms with van der Waals surface area (Å²) in [4.78, 5) is 22.6. The van der Waals surface area contributed by atoms with Gasteiger partial charge in [0.1, 0.15) is 17.1 Å². The molecule has 1 N–H and O–H groups in total. The summed E-state index contributed by atoms with van der Waals surface area (Å²) in [6.07, 6.45) is 2.58. The minimum Gasteiger partial charge on any atom is -0.511 e. The number of hydrogen-bond donors (Lipinski definition) is 1. The van der Waals surface area contributed by atoms with Crippen LogP contribution in [0.25, 0.3) is 0 Å². The molecular formula is C16H17ClO5. The van der Waals surface area contributed by atoms with E-state index in [-0.39, 0.29) is 24.4 Å². The van der Waals surface area contributed by atoms with Crippen LogP contribution in [-0.4, -0.2) is 30.1 Å². The van der Waals surface area contributed by atoms with Crippen molar-refractivity contribution in [2.45, 2.75) is 25.7 Å². The lowest BCUT2D eigenvalue weighted by molar-refractivity contribution is -0.135. The molecule has 0 saturated carbocycles. The Morgan fingerprint density at radius 1 is 1.18 bits per heavy atom. The highest BCUT2D eigenvalue weighted by Crippen LogP contribution is 2.18. The van der Waals surface area contributed by atoms with Gasteiger partial charge in [-0.1, -0.05) is 11.6 Å². The number of hydrogen-bond acceptors (Lipinski definition) is 5. The van der Waals surface area contributed by atoms with Crippen molar-refractivity contribution in [1.29, 1.82) is 0 Å². The molecule has 0 amide bonds. The Kier molecular flexibility index (Phi) is 5.83. The lowest BCUT2D eigenvalue weighted by Gasteiger charge is -2.06. The first-order valence-electron chi connectivity index (χ1n) is 7.08. The van der Waals surface area contributed by atoms with Gasteiger partial charge in [-0.3, -0.25) is 4.79 Å². The standard InChI is InChI=1S/C16H17ClO5/c17-11-5-7-12(8-6-11)21-9-3-1-2-4-13(18)15-14(19)10-22-16(15)20/h5-8,18H,1-4,9-10H2/b15-13+. The summed E-state index contributed by atoms with van der Waals surface area (Å²) >= 11 is 5.78. The van der Waals surface area contributed by atoms with Gasteiger partial charge in [0.15, 0.2) is 6.61 Å². The van der Waals surface area contributed by atoms with Crippen LogP contribution in [0.4, 0.5) is 0 Å². The summed E-state index contributed by atoms with van der Waals surface area (Å²) in [5.74, 6) is -0.595. The van der Waals surface area contributed by atoms with Gasteiger partial charge < -0.3 is 14.6 Å². The number of aliphatic hydroxyl groups excluding tert-OH is 1. The Bertz CT molecular complexity index is 559. The largest absolute Gasteiger partial charge is 0.511 e. The average Bonchev–Trinajstić information content (AvgIpc) is 2.83. The Balaban J connectivity index is 1.65. The average molecular weight is 325 g/mol. The van der Waals surface area contributed by atoms with Crippen molar-refractivity contribution in [2.24, 2.45) is 0 Å². The minimum absolute atomic E-state index is 0.175. The summed E-state index contributed by atoms with van der Waals surface area (Å²) in [6.45, 7) is 0.285. The number of aliphatic hydroxyl groups is 1. The van der Waals surface area contributed by atoms with E-state index in [1.807, 2.05) is 0 Å². The molecule has 0 aromatic heterocycles. The highest BCUT2D eigenvalue weighted by molar-refractivity contribution is 6.30. The molecule has 2 rings (SSSR count). The maximum atomic E-state index is 11.3. The van der Waals surface area contributed by atoms with Crippen LogP contribution in [0, 0.1) is 0 Å². The van der Waals surface area contributed by atoms with E-state index < -0.39 is 11.8 Å². The van der Waals surface area contributed by atoms with Gasteiger partial charge in [-0.05, 0) is 43.5 Å². The number of carbonyl (C=O) groups is 2. The van der Waals surface area contributed by atoms with Crippen molar-refractivity contribution in [3.63, 3.8) is 0 Å². The van der Waals surface area contributed by atoms with Gasteiger partial charge in [0.05, 0.1) is 6.61 Å². The molecule has 1 heterocycles. The van der Waals surface area contributed by atoms with E-state index in [2.05, 4.69) is 4.74 Å². The molecule has 0 aliphatic carbocycles. The maximum Gasteiger partial charge on any atom is 0.345 e. The summed E-state index contributed by atoms with van der Waals surface area (Å²) in [7, 11) is 0. The third-order valence-corrected chi connectivity index (χ3v) is 3.50. The normalized spacial score (nSPS) is 16.6. The van der Waals surface area contributed by atoms with Crippen molar-refractivity contribution in [3.05, 3.63) is 40.6 Å². The Labute approximate surface area is 133 Å². The Hall–Kier alpha value is -2.01. The molecule has 5 nitrogen and oxygen atoms in total. The van der Waals surface area contributed by atoms with E-state index in [0.29, 0.717) is 18.1 Å². The fourth-order valence-electron chi connectivity index (χ4n) is 2.09. The third-order valence-electron chi connectivity index (χ3n) is 3.25. The van der Waals surface area contributed by atoms with Gasteiger partial charge in [0.2, 0.25) is 5.78 Å². The number of benzene rings is 1. The van der Waals surface area contributed by atoms with Crippen LogP contribution in [0.3, 0.4) is 0 Å². The van der Waals surface area contributed by atoms with E-state index in [4.69, 9.17) is 16.3 Å². The molecule has 22 heavy (non-hydrogen) atoms. The number of ketones is 1. The van der Waals surface area contributed by atoms with E-state index >= 15 is 0 Å². The SMILES string of the molecule is O=C1COC(=O)/C1=C(/O)CCCCCOc1ccc(Cl)cc1. The zero-order valence-electron chi connectivity index (χ0n) is 12.0. The van der Waals surface area contributed by atoms with E-state index in [1.54, 1.807) is 24.3 Å². The molecule has 1 aromatic rings. The van der Waals surface area contributed by atoms with Crippen LogP contribution < -0.4 is 4.74 Å². The zero-order chi connectivity index (χ0) is 15.9. The van der Waals surface area contributed by atoms with Crippen LogP contribution >= 0.6 is 11.6 Å². The van der Waals surface area contributed by atoms with Gasteiger partial charge in [-0.15, -0.1) is 0 Å². The zero-order valence-corrected chi connectivity index (χ0v) is 12.8. The lowest BCUT2D eigenvalue weighted by Crippen LogP contribution is -2.06. The summed E-state index contributed by atoms with van der Waals surface area (Å²) in [5.41, 5.74) is -0.197. The number of esters is 1. The van der Waals surface area contributed by atoms with Crippen molar-refractivity contribution in [2.75, 3.05) is 13.2 Å². The minimum atomic E-state index is -0.728. The van der Waals surface area contributed by atoms with Gasteiger partial charge >= 0.3 is 5.97 Å². The molecule has 118 valence electrons. The molecule has 0 atom stereocenters. The van der Waals surface area contributed by atoms with E-state index in [1.165, 1.54) is 0 Å². The fourth-order valence-corrected chi connectivity index (χ4v) is 2.21. The molecule has 6 heteroatoms. The molecule has 1 aliphatic rings. The molecule has 0 radical (unpaired) electrons. The van der Waals surface area contributed by atoms with Gasteiger partial charge in [0, 0.05) is 11.4 Å². The smallest absolute Gasteiger partial charge is 0.345 e. The van der Waals surface area contributed by atoms with Crippen LogP contribution in [0.5, 0.6) is 5.75 Å². The van der Waals surface area contributed by atoms with Crippen molar-refractivity contribution < 1.29 is 24.2 Å². The van der Waals surface area contributed by atoms with Crippen molar-refractivity contribution >= 4 is 23.4 Å². The topological polar surface area (TPSA) is 72.8 Å². The second-order valence-corrected chi connectivity index (χ2v) is 5.37. The molecular weight excluding hydrogens is 308 g/mol. The fraction of sp³-hybridized carbons (Fsp3) is 0.375. The predicted octanol–water partition coefficient (Wildman–Crippen LogP) is 3.22. The van der Waals surface area contributed by atoms with Crippen molar-refractivity contribution in [1.82, 2.24) is 0 Å². The van der Waals surface area contributed by atoms with Gasteiger partial charge in [-0.25, -0.2) is 4.79 Å². The first kappa shape index (κ1) is 16.4. The monoisotopic (exact) mass is 324 g/mol. The second kappa shape index (κ2) is 7.84. The first-order chi connectivity index (χ1) is 10.6. The number of halogens is 1.